The number of amides is 2. The number of fused-ring (bicyclic) bond motifs is 1. The van der Waals surface area contributed by atoms with Gasteiger partial charge in [0.25, 0.3) is 5.91 Å². The molecular weight excluding hydrogens is 439 g/mol. The number of ether oxygens (including phenoxy) is 1. The zero-order valence-corrected chi connectivity index (χ0v) is 18.9. The summed E-state index contributed by atoms with van der Waals surface area (Å²) in [7, 11) is 0. The number of terminal acetylenes is 1. The number of carbonyl (C=O) groups excluding carboxylic acids is 2. The van der Waals surface area contributed by atoms with Crippen molar-refractivity contribution in [3.05, 3.63) is 58.4 Å². The van der Waals surface area contributed by atoms with Gasteiger partial charge in [0.05, 0.1) is 17.8 Å². The average molecular weight is 461 g/mol. The Kier molecular flexibility index (Phi) is 6.83. The van der Waals surface area contributed by atoms with Gasteiger partial charge >= 0.3 is 6.09 Å². The van der Waals surface area contributed by atoms with Crippen molar-refractivity contribution in [2.75, 3.05) is 10.7 Å². The van der Waals surface area contributed by atoms with E-state index >= 15 is 0 Å². The second-order valence-electron chi connectivity index (χ2n) is 8.00. The van der Waals surface area contributed by atoms with E-state index in [0.717, 1.165) is 5.56 Å². The number of benzene rings is 2. The second-order valence-corrected chi connectivity index (χ2v) is 9.50. The predicted molar refractivity (Wildman–Crippen MR) is 121 cm³/mol. The highest BCUT2D eigenvalue weighted by Crippen LogP contribution is 2.37. The minimum absolute atomic E-state index is 0.0619. The van der Waals surface area contributed by atoms with Crippen LogP contribution in [-0.2, 0) is 16.1 Å². The van der Waals surface area contributed by atoms with E-state index in [0.29, 0.717) is 15.6 Å². The van der Waals surface area contributed by atoms with Crippen molar-refractivity contribution in [1.29, 1.82) is 0 Å². The molecule has 2 aromatic carbocycles. The molecule has 1 atom stereocenters. The molecule has 0 saturated carbocycles. The number of hydrogen-bond acceptors (Lipinski definition) is 4. The summed E-state index contributed by atoms with van der Waals surface area (Å²) in [5, 5.41) is 3.21. The molecule has 0 aliphatic carbocycles. The van der Waals surface area contributed by atoms with E-state index in [4.69, 9.17) is 22.8 Å². The highest BCUT2D eigenvalue weighted by molar-refractivity contribution is 7.99. The topological polar surface area (TPSA) is 58.6 Å². The Hall–Kier alpha value is -2.69. The van der Waals surface area contributed by atoms with Gasteiger partial charge in [-0.2, -0.15) is 0 Å². The summed E-state index contributed by atoms with van der Waals surface area (Å²) < 4.78 is 19.6. The molecule has 1 N–H and O–H groups in total. The number of anilines is 1. The molecule has 0 aromatic heterocycles. The highest BCUT2D eigenvalue weighted by atomic mass is 35.5. The Labute approximate surface area is 190 Å². The molecule has 0 spiro atoms. The lowest BCUT2D eigenvalue weighted by Gasteiger charge is -2.27. The average Bonchev–Trinajstić information content (AvgIpc) is 2.79. The molecule has 8 heteroatoms. The monoisotopic (exact) mass is 460 g/mol. The molecule has 1 heterocycles. The number of nitrogens with one attached hydrogen (secondary N) is 1. The second kappa shape index (κ2) is 9.21. The standard InChI is InChI=1S/C23H22ClFN2O3S/c1-5-15-10-19-20(11-17(15)25)31-13-18(26-22(29)30-23(2,3)4)21(28)27(19)12-14-6-8-16(24)9-7-14/h1,6-11,18H,12-13H2,2-4H3,(H,26,29)/t18-/m0/s1. The first kappa shape index (κ1) is 23.0. The van der Waals surface area contributed by atoms with Gasteiger partial charge in [0.15, 0.2) is 0 Å². The summed E-state index contributed by atoms with van der Waals surface area (Å²) in [6.07, 6.45) is 4.74. The van der Waals surface area contributed by atoms with Crippen LogP contribution >= 0.6 is 23.4 Å². The first-order valence-electron chi connectivity index (χ1n) is 9.55. The Balaban J connectivity index is 1.97. The summed E-state index contributed by atoms with van der Waals surface area (Å²) in [5.41, 5.74) is 0.666. The number of halogens is 2. The van der Waals surface area contributed by atoms with Crippen LogP contribution in [0.3, 0.4) is 0 Å². The maximum absolute atomic E-state index is 14.3. The van der Waals surface area contributed by atoms with Gasteiger partial charge < -0.3 is 15.0 Å². The number of carbonyl (C=O) groups is 2. The number of nitrogens with zero attached hydrogens (tertiary/aromatic N) is 1. The smallest absolute Gasteiger partial charge is 0.408 e. The van der Waals surface area contributed by atoms with Crippen LogP contribution in [0.2, 0.25) is 5.02 Å². The van der Waals surface area contributed by atoms with E-state index in [2.05, 4.69) is 11.2 Å². The third-order valence-corrected chi connectivity index (χ3v) is 5.80. The molecule has 2 aromatic rings. The molecule has 5 nitrogen and oxygen atoms in total. The van der Waals surface area contributed by atoms with Gasteiger partial charge in [-0.25, -0.2) is 9.18 Å². The lowest BCUT2D eigenvalue weighted by Crippen LogP contribution is -2.50. The normalized spacial score (nSPS) is 16.2. The molecule has 0 bridgehead atoms. The molecule has 0 fully saturated rings. The van der Waals surface area contributed by atoms with Gasteiger partial charge in [-0.1, -0.05) is 29.7 Å². The minimum Gasteiger partial charge on any atom is -0.444 e. The molecule has 0 unspecified atom stereocenters. The van der Waals surface area contributed by atoms with Crippen LogP contribution in [0.5, 0.6) is 0 Å². The first-order valence-corrected chi connectivity index (χ1v) is 10.9. The van der Waals surface area contributed by atoms with Crippen LogP contribution in [0, 0.1) is 18.2 Å². The molecule has 31 heavy (non-hydrogen) atoms. The van der Waals surface area contributed by atoms with Crippen LogP contribution in [0.4, 0.5) is 14.9 Å². The summed E-state index contributed by atoms with van der Waals surface area (Å²) >= 11 is 7.24. The molecule has 0 radical (unpaired) electrons. The molecule has 0 saturated heterocycles. The fourth-order valence-electron chi connectivity index (χ4n) is 3.02. The zero-order valence-electron chi connectivity index (χ0n) is 17.4. The van der Waals surface area contributed by atoms with E-state index < -0.39 is 23.6 Å². The van der Waals surface area contributed by atoms with Crippen molar-refractivity contribution in [2.45, 2.75) is 43.9 Å². The van der Waals surface area contributed by atoms with E-state index in [1.165, 1.54) is 28.8 Å². The third-order valence-electron chi connectivity index (χ3n) is 4.41. The molecule has 3 rings (SSSR count). The molecule has 162 valence electrons. The lowest BCUT2D eigenvalue weighted by atomic mass is 10.1. The van der Waals surface area contributed by atoms with Crippen LogP contribution in [0.1, 0.15) is 31.9 Å². The molecule has 1 aliphatic rings. The summed E-state index contributed by atoms with van der Waals surface area (Å²) in [4.78, 5) is 27.8. The fraction of sp³-hybridized carbons (Fsp3) is 0.304. The van der Waals surface area contributed by atoms with Crippen molar-refractivity contribution < 1.29 is 18.7 Å². The number of rotatable bonds is 3. The van der Waals surface area contributed by atoms with E-state index in [1.54, 1.807) is 45.0 Å². The number of hydrogen-bond donors (Lipinski definition) is 1. The van der Waals surface area contributed by atoms with Gasteiger partial charge in [0.2, 0.25) is 0 Å². The van der Waals surface area contributed by atoms with Crippen molar-refractivity contribution >= 4 is 41.1 Å². The minimum atomic E-state index is -0.864. The van der Waals surface area contributed by atoms with Gasteiger partial charge in [0.1, 0.15) is 17.5 Å². The highest BCUT2D eigenvalue weighted by Gasteiger charge is 2.33. The van der Waals surface area contributed by atoms with Gasteiger partial charge in [-0.15, -0.1) is 18.2 Å². The van der Waals surface area contributed by atoms with E-state index in [-0.39, 0.29) is 23.8 Å². The van der Waals surface area contributed by atoms with Gasteiger partial charge in [0, 0.05) is 15.7 Å². The third kappa shape index (κ3) is 5.72. The Morgan fingerprint density at radius 2 is 2.03 bits per heavy atom. The maximum atomic E-state index is 14.3. The van der Waals surface area contributed by atoms with E-state index in [1.807, 2.05) is 0 Å². The summed E-state index contributed by atoms with van der Waals surface area (Å²) in [5.74, 6) is 1.65. The van der Waals surface area contributed by atoms with Crippen molar-refractivity contribution in [3.8, 4) is 12.3 Å². The van der Waals surface area contributed by atoms with Crippen molar-refractivity contribution in [1.82, 2.24) is 5.32 Å². The van der Waals surface area contributed by atoms with Crippen LogP contribution in [0.25, 0.3) is 0 Å². The Bertz CT molecular complexity index is 1040. The van der Waals surface area contributed by atoms with Gasteiger partial charge in [-0.3, -0.25) is 4.79 Å². The fourth-order valence-corrected chi connectivity index (χ4v) is 4.22. The maximum Gasteiger partial charge on any atom is 0.408 e. The van der Waals surface area contributed by atoms with Crippen LogP contribution in [-0.4, -0.2) is 29.4 Å². The largest absolute Gasteiger partial charge is 0.444 e. The first-order chi connectivity index (χ1) is 14.6. The Morgan fingerprint density at radius 3 is 2.65 bits per heavy atom. The SMILES string of the molecule is C#Cc1cc2c(cc1F)SC[C@H](NC(=O)OC(C)(C)C)C(=O)N2Cc1ccc(Cl)cc1. The molecule has 2 amide bonds. The quantitative estimate of drug-likeness (QED) is 0.655. The predicted octanol–water partition coefficient (Wildman–Crippen LogP) is 4.99. The zero-order chi connectivity index (χ0) is 22.8. The van der Waals surface area contributed by atoms with Gasteiger partial charge in [-0.05, 0) is 50.6 Å². The van der Waals surface area contributed by atoms with Crippen molar-refractivity contribution in [3.63, 3.8) is 0 Å². The Morgan fingerprint density at radius 1 is 1.35 bits per heavy atom. The van der Waals surface area contributed by atoms with E-state index in [9.17, 15) is 14.0 Å². The molecular formula is C23H22ClFN2O3S. The number of alkyl carbamates (subject to hydrolysis) is 1. The molecule has 1 aliphatic heterocycles. The number of thioether (sulfide) groups is 1. The van der Waals surface area contributed by atoms with Crippen LogP contribution < -0.4 is 10.2 Å². The lowest BCUT2D eigenvalue weighted by molar-refractivity contribution is -0.120. The summed E-state index contributed by atoms with van der Waals surface area (Å²) in [6.45, 7) is 5.42. The summed E-state index contributed by atoms with van der Waals surface area (Å²) in [6, 6.07) is 9.00. The van der Waals surface area contributed by atoms with Crippen LogP contribution in [0.15, 0.2) is 41.3 Å². The van der Waals surface area contributed by atoms with Crippen molar-refractivity contribution in [2.24, 2.45) is 0 Å².